The van der Waals surface area contributed by atoms with Crippen molar-refractivity contribution in [3.05, 3.63) is 53.1 Å². The van der Waals surface area contributed by atoms with E-state index in [1.807, 2.05) is 6.07 Å². The zero-order chi connectivity index (χ0) is 15.6. The lowest BCUT2D eigenvalue weighted by molar-refractivity contribution is 0.0920. The molecule has 2 aromatic rings. The lowest BCUT2D eigenvalue weighted by Crippen LogP contribution is -2.17. The predicted octanol–water partition coefficient (Wildman–Crippen LogP) is 3.21. The Morgan fingerprint density at radius 3 is 2.70 bits per heavy atom. The number of ether oxygens (including phenoxy) is 3. The van der Waals surface area contributed by atoms with Crippen molar-refractivity contribution in [1.82, 2.24) is 0 Å². The third-order valence-electron chi connectivity index (χ3n) is 4.30. The van der Waals surface area contributed by atoms with Gasteiger partial charge in [-0.15, -0.1) is 0 Å². The molecule has 0 spiro atoms. The normalized spacial score (nSPS) is 15.1. The summed E-state index contributed by atoms with van der Waals surface area (Å²) in [4.78, 5) is 12.3. The van der Waals surface area contributed by atoms with Gasteiger partial charge in [-0.2, -0.15) is 0 Å². The summed E-state index contributed by atoms with van der Waals surface area (Å²) in [6.07, 6.45) is 3.45. The van der Waals surface area contributed by atoms with Crippen LogP contribution in [0.25, 0.3) is 0 Å². The average Bonchev–Trinajstić information content (AvgIpc) is 3.07. The highest BCUT2D eigenvalue weighted by atomic mass is 16.6. The Labute approximate surface area is 135 Å². The van der Waals surface area contributed by atoms with Crippen LogP contribution in [-0.2, 0) is 12.8 Å². The van der Waals surface area contributed by atoms with Gasteiger partial charge in [0.2, 0.25) is 0 Å². The summed E-state index contributed by atoms with van der Waals surface area (Å²) in [6, 6.07) is 11.4. The van der Waals surface area contributed by atoms with Crippen LogP contribution in [0, 0.1) is 0 Å². The van der Waals surface area contributed by atoms with Crippen LogP contribution in [0.2, 0.25) is 0 Å². The quantitative estimate of drug-likeness (QED) is 0.814. The van der Waals surface area contributed by atoms with Crippen molar-refractivity contribution in [2.75, 3.05) is 19.8 Å². The van der Waals surface area contributed by atoms with E-state index >= 15 is 0 Å². The second-order valence-corrected chi connectivity index (χ2v) is 5.85. The molecule has 0 saturated carbocycles. The van der Waals surface area contributed by atoms with Crippen LogP contribution < -0.4 is 14.2 Å². The first-order valence-electron chi connectivity index (χ1n) is 7.97. The third kappa shape index (κ3) is 2.89. The standard InChI is InChI=1S/C19H18O4/c20-17(15-5-7-18-19(11-15)22-9-8-21-18)12-23-16-6-4-13-2-1-3-14(13)10-16/h4-7,10-11H,1-3,8-9,12H2. The highest BCUT2D eigenvalue weighted by molar-refractivity contribution is 5.97. The Hall–Kier alpha value is -2.49. The van der Waals surface area contributed by atoms with E-state index in [-0.39, 0.29) is 12.4 Å². The van der Waals surface area contributed by atoms with Crippen molar-refractivity contribution in [2.24, 2.45) is 0 Å². The summed E-state index contributed by atoms with van der Waals surface area (Å²) < 4.78 is 16.6. The van der Waals surface area contributed by atoms with E-state index in [0.717, 1.165) is 18.6 Å². The number of Topliss-reactive ketones (excluding diaryl/α,β-unsaturated/α-hetero) is 1. The van der Waals surface area contributed by atoms with Gasteiger partial charge in [0.05, 0.1) is 0 Å². The average molecular weight is 310 g/mol. The van der Waals surface area contributed by atoms with Crippen molar-refractivity contribution in [3.8, 4) is 17.2 Å². The molecule has 1 heterocycles. The van der Waals surface area contributed by atoms with Crippen LogP contribution in [0.1, 0.15) is 27.9 Å². The van der Waals surface area contributed by atoms with Gasteiger partial charge in [0.15, 0.2) is 23.9 Å². The number of hydrogen-bond acceptors (Lipinski definition) is 4. The van der Waals surface area contributed by atoms with Crippen molar-refractivity contribution in [3.63, 3.8) is 0 Å². The number of carbonyl (C=O) groups excluding carboxylic acids is 1. The van der Waals surface area contributed by atoms with Gasteiger partial charge in [0.1, 0.15) is 19.0 Å². The Balaban J connectivity index is 1.44. The topological polar surface area (TPSA) is 44.8 Å². The Morgan fingerprint density at radius 2 is 1.78 bits per heavy atom. The molecule has 0 atom stereocenters. The molecule has 0 radical (unpaired) electrons. The van der Waals surface area contributed by atoms with Gasteiger partial charge in [-0.25, -0.2) is 0 Å². The molecule has 23 heavy (non-hydrogen) atoms. The maximum absolute atomic E-state index is 12.3. The van der Waals surface area contributed by atoms with Gasteiger partial charge in [-0.3, -0.25) is 4.79 Å². The number of fused-ring (bicyclic) bond motifs is 2. The summed E-state index contributed by atoms with van der Waals surface area (Å²) in [6.45, 7) is 1.08. The molecule has 2 aliphatic rings. The number of rotatable bonds is 4. The Bertz CT molecular complexity index is 751. The van der Waals surface area contributed by atoms with Gasteiger partial charge in [0.25, 0.3) is 0 Å². The lowest BCUT2D eigenvalue weighted by Gasteiger charge is -2.18. The number of ketones is 1. The minimum Gasteiger partial charge on any atom is -0.486 e. The first kappa shape index (κ1) is 14.1. The summed E-state index contributed by atoms with van der Waals surface area (Å²) in [5.41, 5.74) is 3.32. The SMILES string of the molecule is O=C(COc1ccc2c(c1)CCC2)c1ccc2c(c1)OCCO2. The van der Waals surface area contributed by atoms with Crippen molar-refractivity contribution in [2.45, 2.75) is 19.3 Å². The van der Waals surface area contributed by atoms with Gasteiger partial charge in [0, 0.05) is 5.56 Å². The van der Waals surface area contributed by atoms with E-state index < -0.39 is 0 Å². The van der Waals surface area contributed by atoms with Crippen LogP contribution >= 0.6 is 0 Å². The molecule has 4 rings (SSSR count). The minimum atomic E-state index is -0.0672. The number of hydrogen-bond donors (Lipinski definition) is 0. The monoisotopic (exact) mass is 310 g/mol. The summed E-state index contributed by atoms with van der Waals surface area (Å²) in [7, 11) is 0. The summed E-state index contributed by atoms with van der Waals surface area (Å²) in [5, 5.41) is 0. The van der Waals surface area contributed by atoms with Gasteiger partial charge in [-0.05, 0) is 60.7 Å². The fraction of sp³-hybridized carbons (Fsp3) is 0.316. The minimum absolute atomic E-state index is 0.0262. The molecule has 1 aliphatic heterocycles. The van der Waals surface area contributed by atoms with Crippen LogP contribution in [0.4, 0.5) is 0 Å². The highest BCUT2D eigenvalue weighted by Gasteiger charge is 2.16. The van der Waals surface area contributed by atoms with E-state index in [2.05, 4.69) is 12.1 Å². The molecule has 1 aliphatic carbocycles. The van der Waals surface area contributed by atoms with Gasteiger partial charge < -0.3 is 14.2 Å². The number of benzene rings is 2. The third-order valence-corrected chi connectivity index (χ3v) is 4.30. The Morgan fingerprint density at radius 1 is 0.957 bits per heavy atom. The fourth-order valence-electron chi connectivity index (χ4n) is 3.09. The maximum atomic E-state index is 12.3. The predicted molar refractivity (Wildman–Crippen MR) is 85.7 cm³/mol. The zero-order valence-electron chi connectivity index (χ0n) is 12.8. The second-order valence-electron chi connectivity index (χ2n) is 5.85. The number of aryl methyl sites for hydroxylation is 2. The molecular formula is C19H18O4. The van der Waals surface area contributed by atoms with E-state index in [9.17, 15) is 4.79 Å². The molecular weight excluding hydrogens is 292 g/mol. The first-order valence-corrected chi connectivity index (χ1v) is 7.97. The molecule has 2 aromatic carbocycles. The van der Waals surface area contributed by atoms with Crippen molar-refractivity contribution < 1.29 is 19.0 Å². The summed E-state index contributed by atoms with van der Waals surface area (Å²) >= 11 is 0. The Kier molecular flexibility index (Phi) is 3.66. The van der Waals surface area contributed by atoms with Gasteiger partial charge >= 0.3 is 0 Å². The van der Waals surface area contributed by atoms with Crippen LogP contribution in [0.5, 0.6) is 17.2 Å². The molecule has 4 heteroatoms. The largest absolute Gasteiger partial charge is 0.486 e. The highest BCUT2D eigenvalue weighted by Crippen LogP contribution is 2.31. The van der Waals surface area contributed by atoms with E-state index in [0.29, 0.717) is 30.3 Å². The zero-order valence-corrected chi connectivity index (χ0v) is 12.8. The molecule has 0 N–H and O–H groups in total. The maximum Gasteiger partial charge on any atom is 0.200 e. The molecule has 4 nitrogen and oxygen atoms in total. The van der Waals surface area contributed by atoms with E-state index in [1.165, 1.54) is 17.5 Å². The van der Waals surface area contributed by atoms with Crippen LogP contribution in [0.15, 0.2) is 36.4 Å². The second kappa shape index (κ2) is 5.95. The van der Waals surface area contributed by atoms with E-state index in [1.54, 1.807) is 18.2 Å². The van der Waals surface area contributed by atoms with Crippen molar-refractivity contribution in [1.29, 1.82) is 0 Å². The first-order chi connectivity index (χ1) is 11.3. The van der Waals surface area contributed by atoms with Gasteiger partial charge in [-0.1, -0.05) is 6.07 Å². The molecule has 0 fully saturated rings. The summed E-state index contributed by atoms with van der Waals surface area (Å²) in [5.74, 6) is 2.01. The van der Waals surface area contributed by atoms with E-state index in [4.69, 9.17) is 14.2 Å². The molecule has 0 aromatic heterocycles. The molecule has 118 valence electrons. The lowest BCUT2D eigenvalue weighted by atomic mass is 10.1. The smallest absolute Gasteiger partial charge is 0.200 e. The van der Waals surface area contributed by atoms with Crippen LogP contribution in [0.3, 0.4) is 0 Å². The molecule has 0 amide bonds. The molecule has 0 unspecified atom stereocenters. The molecule has 0 bridgehead atoms. The fourth-order valence-corrected chi connectivity index (χ4v) is 3.09. The number of carbonyl (C=O) groups is 1. The van der Waals surface area contributed by atoms with Crippen LogP contribution in [-0.4, -0.2) is 25.6 Å². The van der Waals surface area contributed by atoms with Crippen molar-refractivity contribution >= 4 is 5.78 Å². The molecule has 0 saturated heterocycles.